The molecule has 2 fully saturated rings. The lowest BCUT2D eigenvalue weighted by Crippen LogP contribution is -2.41. The SMILES string of the molecule is [2H]C([2H])([2H])N1CCC(n2cc(B3OC(C)(C)C(C)(C)O3)cn2)CC1. The normalized spacial score (nSPS) is 29.1. The van der Waals surface area contributed by atoms with Gasteiger partial charge in [0, 0.05) is 22.0 Å². The zero-order valence-electron chi connectivity index (χ0n) is 16.3. The van der Waals surface area contributed by atoms with Gasteiger partial charge >= 0.3 is 7.12 Å². The summed E-state index contributed by atoms with van der Waals surface area (Å²) in [7, 11) is -0.411. The molecule has 2 aliphatic rings. The molecule has 0 unspecified atom stereocenters. The highest BCUT2D eigenvalue weighted by molar-refractivity contribution is 6.61. The first-order chi connectivity index (χ1) is 11.0. The van der Waals surface area contributed by atoms with E-state index in [1.807, 2.05) is 38.6 Å². The van der Waals surface area contributed by atoms with Gasteiger partial charge in [-0.05, 0) is 60.6 Å². The molecule has 3 rings (SSSR count). The molecule has 1 aromatic rings. The van der Waals surface area contributed by atoms with Crippen LogP contribution >= 0.6 is 0 Å². The molecule has 5 nitrogen and oxygen atoms in total. The molecule has 0 amide bonds. The lowest BCUT2D eigenvalue weighted by Gasteiger charge is -2.32. The maximum atomic E-state index is 7.49. The topological polar surface area (TPSA) is 39.5 Å². The quantitative estimate of drug-likeness (QED) is 0.774. The standard InChI is InChI=1S/C15H26BN3O2/c1-14(2)15(3,4)21-16(20-14)12-10-17-19(11-12)13-6-8-18(5)9-7-13/h10-11,13H,6-9H2,1-5H3/i5D3. The van der Waals surface area contributed by atoms with Crippen LogP contribution in [0.1, 0.15) is 50.7 Å². The van der Waals surface area contributed by atoms with Gasteiger partial charge in [-0.3, -0.25) is 4.68 Å². The second-order valence-corrected chi connectivity index (χ2v) is 7.06. The van der Waals surface area contributed by atoms with E-state index in [4.69, 9.17) is 13.4 Å². The number of likely N-dealkylation sites (tertiary alicyclic amines) is 1. The van der Waals surface area contributed by atoms with Crippen molar-refractivity contribution in [1.82, 2.24) is 14.7 Å². The highest BCUT2D eigenvalue weighted by atomic mass is 16.7. The fraction of sp³-hybridized carbons (Fsp3) is 0.800. The Labute approximate surface area is 132 Å². The molecule has 0 saturated carbocycles. The van der Waals surface area contributed by atoms with Crippen molar-refractivity contribution in [2.45, 2.75) is 57.8 Å². The molecule has 0 aliphatic carbocycles. The van der Waals surface area contributed by atoms with Gasteiger partial charge in [-0.15, -0.1) is 0 Å². The second kappa shape index (κ2) is 5.11. The Morgan fingerprint density at radius 3 is 2.43 bits per heavy atom. The number of rotatable bonds is 2. The van der Waals surface area contributed by atoms with Crippen molar-refractivity contribution in [3.8, 4) is 0 Å². The summed E-state index contributed by atoms with van der Waals surface area (Å²) in [5.74, 6) is 0. The molecule has 116 valence electrons. The smallest absolute Gasteiger partial charge is 0.399 e. The van der Waals surface area contributed by atoms with E-state index in [1.54, 1.807) is 11.1 Å². The zero-order valence-corrected chi connectivity index (χ0v) is 13.3. The molecule has 3 heterocycles. The van der Waals surface area contributed by atoms with Crippen molar-refractivity contribution in [3.63, 3.8) is 0 Å². The summed E-state index contributed by atoms with van der Waals surface area (Å²) in [4.78, 5) is 1.56. The van der Waals surface area contributed by atoms with Crippen molar-refractivity contribution in [1.29, 1.82) is 0 Å². The van der Waals surface area contributed by atoms with Gasteiger partial charge in [0.05, 0.1) is 17.2 Å². The summed E-state index contributed by atoms with van der Waals surface area (Å²) in [6, 6.07) is 0.222. The Morgan fingerprint density at radius 1 is 1.24 bits per heavy atom. The summed E-state index contributed by atoms with van der Waals surface area (Å²) >= 11 is 0. The van der Waals surface area contributed by atoms with E-state index in [0.717, 1.165) is 18.3 Å². The summed E-state index contributed by atoms with van der Waals surface area (Å²) < 4.78 is 36.5. The van der Waals surface area contributed by atoms with Gasteiger partial charge in [0.2, 0.25) is 0 Å². The van der Waals surface area contributed by atoms with Crippen LogP contribution in [0, 0.1) is 0 Å². The van der Waals surface area contributed by atoms with Crippen molar-refractivity contribution < 1.29 is 13.4 Å². The Morgan fingerprint density at radius 2 is 1.86 bits per heavy atom. The van der Waals surface area contributed by atoms with E-state index in [1.165, 1.54) is 0 Å². The number of piperidine rings is 1. The number of hydrogen-bond acceptors (Lipinski definition) is 4. The summed E-state index contributed by atoms with van der Waals surface area (Å²) in [6.45, 7) is 7.25. The van der Waals surface area contributed by atoms with Crippen LogP contribution in [0.5, 0.6) is 0 Å². The molecule has 0 spiro atoms. The Kier molecular flexibility index (Phi) is 2.84. The fourth-order valence-electron chi connectivity index (χ4n) is 2.78. The van der Waals surface area contributed by atoms with Gasteiger partial charge in [0.1, 0.15) is 0 Å². The minimum Gasteiger partial charge on any atom is -0.399 e. The average molecular weight is 294 g/mol. The molecular weight excluding hydrogens is 265 g/mol. The van der Waals surface area contributed by atoms with E-state index in [2.05, 4.69) is 5.10 Å². The van der Waals surface area contributed by atoms with E-state index in [0.29, 0.717) is 13.1 Å². The Hall–Kier alpha value is -0.845. The first-order valence-electron chi connectivity index (χ1n) is 9.14. The first-order valence-corrected chi connectivity index (χ1v) is 7.64. The van der Waals surface area contributed by atoms with Gasteiger partial charge in [-0.25, -0.2) is 0 Å². The number of nitrogens with zero attached hydrogens (tertiary/aromatic N) is 3. The fourth-order valence-corrected chi connectivity index (χ4v) is 2.78. The lowest BCUT2D eigenvalue weighted by molar-refractivity contribution is 0.00578. The third-order valence-electron chi connectivity index (χ3n) is 4.99. The molecule has 6 heteroatoms. The summed E-state index contributed by atoms with van der Waals surface area (Å²) in [5, 5.41) is 4.46. The van der Waals surface area contributed by atoms with Gasteiger partial charge in [-0.1, -0.05) is 0 Å². The van der Waals surface area contributed by atoms with Crippen LogP contribution in [0.2, 0.25) is 0 Å². The first kappa shape index (κ1) is 11.7. The molecule has 0 N–H and O–H groups in total. The molecule has 2 aliphatic heterocycles. The molecule has 0 bridgehead atoms. The highest BCUT2D eigenvalue weighted by Gasteiger charge is 2.52. The van der Waals surface area contributed by atoms with Crippen LogP contribution in [0.3, 0.4) is 0 Å². The zero-order chi connectivity index (χ0) is 17.8. The molecule has 0 atom stereocenters. The van der Waals surface area contributed by atoms with E-state index in [9.17, 15) is 0 Å². The largest absolute Gasteiger partial charge is 0.498 e. The van der Waals surface area contributed by atoms with Gasteiger partial charge in [-0.2, -0.15) is 5.10 Å². The van der Waals surface area contributed by atoms with E-state index < -0.39 is 14.1 Å². The lowest BCUT2D eigenvalue weighted by atomic mass is 9.82. The predicted molar refractivity (Wildman–Crippen MR) is 83.7 cm³/mol. The van der Waals surface area contributed by atoms with Crippen molar-refractivity contribution in [3.05, 3.63) is 12.4 Å². The number of hydrogen-bond donors (Lipinski definition) is 0. The monoisotopic (exact) mass is 294 g/mol. The predicted octanol–water partition coefficient (Wildman–Crippen LogP) is 1.45. The van der Waals surface area contributed by atoms with Crippen LogP contribution in [0.4, 0.5) is 0 Å². The minimum atomic E-state index is -2.00. The third kappa shape index (κ3) is 2.76. The van der Waals surface area contributed by atoms with Crippen LogP contribution in [-0.2, 0) is 9.31 Å². The second-order valence-electron chi connectivity index (χ2n) is 7.06. The Balaban J connectivity index is 1.65. The van der Waals surface area contributed by atoms with Crippen molar-refractivity contribution in [2.24, 2.45) is 0 Å². The maximum absolute atomic E-state index is 7.49. The van der Waals surface area contributed by atoms with Crippen LogP contribution in [-0.4, -0.2) is 53.1 Å². The van der Waals surface area contributed by atoms with Crippen molar-refractivity contribution in [2.75, 3.05) is 20.1 Å². The maximum Gasteiger partial charge on any atom is 0.498 e. The summed E-state index contributed by atoms with van der Waals surface area (Å²) in [5.41, 5.74) is 0.169. The van der Waals surface area contributed by atoms with E-state index >= 15 is 0 Å². The van der Waals surface area contributed by atoms with E-state index in [-0.39, 0.29) is 17.2 Å². The highest BCUT2D eigenvalue weighted by Crippen LogP contribution is 2.36. The molecule has 0 radical (unpaired) electrons. The Bertz CT molecular complexity index is 579. The van der Waals surface area contributed by atoms with Gasteiger partial charge in [0.15, 0.2) is 0 Å². The van der Waals surface area contributed by atoms with Gasteiger partial charge in [0.25, 0.3) is 0 Å². The van der Waals surface area contributed by atoms with Gasteiger partial charge < -0.3 is 14.2 Å². The van der Waals surface area contributed by atoms with Crippen LogP contribution in [0.25, 0.3) is 0 Å². The third-order valence-corrected chi connectivity index (χ3v) is 4.99. The van der Waals surface area contributed by atoms with Crippen LogP contribution in [0.15, 0.2) is 12.4 Å². The molecule has 1 aromatic heterocycles. The average Bonchev–Trinajstić information content (AvgIpc) is 3.02. The van der Waals surface area contributed by atoms with Crippen LogP contribution < -0.4 is 5.46 Å². The minimum absolute atomic E-state index is 0.222. The van der Waals surface area contributed by atoms with Crippen molar-refractivity contribution >= 4 is 12.6 Å². The molecule has 0 aromatic carbocycles. The molecular formula is C15H26BN3O2. The summed E-state index contributed by atoms with van der Waals surface area (Å²) in [6.07, 6.45) is 5.32. The molecule has 2 saturated heterocycles. The molecule has 21 heavy (non-hydrogen) atoms. The number of aromatic nitrogens is 2.